The van der Waals surface area contributed by atoms with Gasteiger partial charge in [0.1, 0.15) is 19.3 Å². The Morgan fingerprint density at radius 1 is 0.337 bits per heavy atom. The molecule has 0 heterocycles. The van der Waals surface area contributed by atoms with Crippen molar-refractivity contribution in [3.8, 4) is 0 Å². The summed E-state index contributed by atoms with van der Waals surface area (Å²) in [6, 6.07) is 0. The summed E-state index contributed by atoms with van der Waals surface area (Å²) >= 11 is 0. The van der Waals surface area contributed by atoms with Crippen molar-refractivity contribution in [2.75, 3.05) is 39.6 Å². The van der Waals surface area contributed by atoms with Crippen molar-refractivity contribution in [3.05, 3.63) is 0 Å². The van der Waals surface area contributed by atoms with Gasteiger partial charge in [-0.1, -0.05) is 254 Å². The van der Waals surface area contributed by atoms with E-state index in [2.05, 4.69) is 55.4 Å². The summed E-state index contributed by atoms with van der Waals surface area (Å²) in [4.78, 5) is 72.2. The lowest BCUT2D eigenvalue weighted by molar-refractivity contribution is -0.161. The molecule has 0 spiro atoms. The fourth-order valence-corrected chi connectivity index (χ4v) is 10.9. The highest BCUT2D eigenvalue weighted by molar-refractivity contribution is 7.47. The number of hydrogen-bond donors (Lipinski definition) is 3. The number of carbonyl (C=O) groups excluding carboxylic acids is 4. The molecule has 0 aliphatic heterocycles. The van der Waals surface area contributed by atoms with Crippen LogP contribution in [-0.2, 0) is 65.4 Å². The third kappa shape index (κ3) is 55.1. The maximum atomic E-state index is 13.0. The highest BCUT2D eigenvalue weighted by Gasteiger charge is 2.30. The first-order valence-electron chi connectivity index (χ1n) is 33.3. The molecule has 83 heavy (non-hydrogen) atoms. The van der Waals surface area contributed by atoms with Crippen LogP contribution in [0.25, 0.3) is 0 Å². The third-order valence-corrected chi connectivity index (χ3v) is 17.6. The monoisotopic (exact) mass is 1230 g/mol. The van der Waals surface area contributed by atoms with Crippen molar-refractivity contribution in [3.63, 3.8) is 0 Å². The Kier molecular flexibility index (Phi) is 53.0. The maximum Gasteiger partial charge on any atom is 0.472 e. The molecule has 0 aromatic carbocycles. The summed E-state index contributed by atoms with van der Waals surface area (Å²) in [5.41, 5.74) is 0. The lowest BCUT2D eigenvalue weighted by Gasteiger charge is -2.21. The van der Waals surface area contributed by atoms with Crippen molar-refractivity contribution >= 4 is 39.5 Å². The van der Waals surface area contributed by atoms with Crippen molar-refractivity contribution in [2.45, 2.75) is 324 Å². The minimum atomic E-state index is -4.95. The van der Waals surface area contributed by atoms with E-state index in [0.717, 1.165) is 120 Å². The average Bonchev–Trinajstić information content (AvgIpc) is 3.48. The number of carbonyl (C=O) groups is 4. The Bertz CT molecular complexity index is 1670. The van der Waals surface area contributed by atoms with Crippen LogP contribution in [0.4, 0.5) is 0 Å². The Morgan fingerprint density at radius 3 is 0.855 bits per heavy atom. The smallest absolute Gasteiger partial charge is 0.462 e. The molecular weight excluding hydrogens is 1100 g/mol. The van der Waals surface area contributed by atoms with Crippen LogP contribution in [0.2, 0.25) is 0 Å². The number of aliphatic hydroxyl groups excluding tert-OH is 1. The summed E-state index contributed by atoms with van der Waals surface area (Å²) in [7, 11) is -9.89. The van der Waals surface area contributed by atoms with E-state index in [-0.39, 0.29) is 25.7 Å². The molecule has 0 radical (unpaired) electrons. The van der Waals surface area contributed by atoms with Gasteiger partial charge in [0.05, 0.1) is 26.4 Å². The van der Waals surface area contributed by atoms with Crippen LogP contribution in [0, 0.1) is 23.7 Å². The molecule has 5 unspecified atom stereocenters. The van der Waals surface area contributed by atoms with E-state index < -0.39 is 97.5 Å². The highest BCUT2D eigenvalue weighted by Crippen LogP contribution is 2.45. The Hall–Kier alpha value is -1.94. The second kappa shape index (κ2) is 54.2. The molecule has 0 aromatic heterocycles. The molecule has 0 fully saturated rings. The van der Waals surface area contributed by atoms with Gasteiger partial charge in [0, 0.05) is 25.7 Å². The molecule has 0 rings (SSSR count). The number of hydrogen-bond acceptors (Lipinski definition) is 15. The molecule has 0 bridgehead atoms. The molecule has 0 aliphatic carbocycles. The molecule has 0 aromatic rings. The van der Waals surface area contributed by atoms with Gasteiger partial charge in [-0.25, -0.2) is 9.13 Å². The molecule has 492 valence electrons. The van der Waals surface area contributed by atoms with Gasteiger partial charge in [0.15, 0.2) is 12.2 Å². The van der Waals surface area contributed by atoms with Crippen LogP contribution in [0.3, 0.4) is 0 Å². The first-order chi connectivity index (χ1) is 39.7. The summed E-state index contributed by atoms with van der Waals surface area (Å²) < 4.78 is 68.0. The van der Waals surface area contributed by atoms with Crippen LogP contribution in [0.1, 0.15) is 306 Å². The van der Waals surface area contributed by atoms with Gasteiger partial charge in [-0.05, 0) is 49.4 Å². The number of rotatable bonds is 61. The van der Waals surface area contributed by atoms with E-state index in [4.69, 9.17) is 37.0 Å². The lowest BCUT2D eigenvalue weighted by atomic mass is 9.99. The fourth-order valence-electron chi connectivity index (χ4n) is 9.33. The topological polar surface area (TPSA) is 237 Å². The van der Waals surface area contributed by atoms with E-state index >= 15 is 0 Å². The maximum absolute atomic E-state index is 13.0. The summed E-state index contributed by atoms with van der Waals surface area (Å²) in [5, 5.41) is 10.5. The Labute approximate surface area is 505 Å². The van der Waals surface area contributed by atoms with Crippen LogP contribution in [0.5, 0.6) is 0 Å². The van der Waals surface area contributed by atoms with Gasteiger partial charge in [0.2, 0.25) is 0 Å². The average molecular weight is 1230 g/mol. The molecule has 17 nitrogen and oxygen atoms in total. The molecule has 8 atom stereocenters. The van der Waals surface area contributed by atoms with Crippen molar-refractivity contribution in [2.24, 2.45) is 23.7 Å². The molecule has 19 heteroatoms. The fraction of sp³-hybridized carbons (Fsp3) is 0.938. The van der Waals surface area contributed by atoms with E-state index in [1.807, 2.05) is 0 Å². The lowest BCUT2D eigenvalue weighted by Crippen LogP contribution is -2.30. The first-order valence-corrected chi connectivity index (χ1v) is 36.3. The summed E-state index contributed by atoms with van der Waals surface area (Å²) in [5.74, 6) is 0.790. The molecule has 0 aliphatic rings. The predicted octanol–water partition coefficient (Wildman–Crippen LogP) is 17.4. The van der Waals surface area contributed by atoms with Gasteiger partial charge in [-0.15, -0.1) is 0 Å². The second-order valence-electron chi connectivity index (χ2n) is 24.4. The molecule has 0 saturated carbocycles. The predicted molar refractivity (Wildman–Crippen MR) is 331 cm³/mol. The zero-order valence-corrected chi connectivity index (χ0v) is 55.6. The Balaban J connectivity index is 5.26. The molecule has 0 saturated heterocycles. The molecule has 3 N–H and O–H groups in total. The number of unbranched alkanes of at least 4 members (excludes halogenated alkanes) is 24. The van der Waals surface area contributed by atoms with Crippen molar-refractivity contribution < 1.29 is 80.2 Å². The van der Waals surface area contributed by atoms with Gasteiger partial charge in [-0.2, -0.15) is 0 Å². The summed E-state index contributed by atoms with van der Waals surface area (Å²) in [6.45, 7) is 13.9. The largest absolute Gasteiger partial charge is 0.472 e. The number of aliphatic hydroxyl groups is 1. The summed E-state index contributed by atoms with van der Waals surface area (Å²) in [6.07, 6.45) is 33.6. The van der Waals surface area contributed by atoms with Gasteiger partial charge in [0.25, 0.3) is 0 Å². The van der Waals surface area contributed by atoms with Gasteiger partial charge < -0.3 is 33.8 Å². The number of esters is 4. The van der Waals surface area contributed by atoms with Gasteiger partial charge in [-0.3, -0.25) is 37.3 Å². The van der Waals surface area contributed by atoms with E-state index in [0.29, 0.717) is 31.6 Å². The Morgan fingerprint density at radius 2 is 0.578 bits per heavy atom. The van der Waals surface area contributed by atoms with Gasteiger partial charge >= 0.3 is 39.5 Å². The van der Waals surface area contributed by atoms with Crippen LogP contribution < -0.4 is 0 Å². The van der Waals surface area contributed by atoms with E-state index in [9.17, 15) is 43.2 Å². The zero-order valence-electron chi connectivity index (χ0n) is 53.8. The minimum absolute atomic E-state index is 0.101. The zero-order chi connectivity index (χ0) is 61.8. The normalized spacial score (nSPS) is 15.4. The number of phosphoric ester groups is 2. The number of phosphoric acid groups is 2. The molecular formula is C64H124O17P2. The second-order valence-corrected chi connectivity index (χ2v) is 27.3. The van der Waals surface area contributed by atoms with Crippen LogP contribution in [0.15, 0.2) is 0 Å². The van der Waals surface area contributed by atoms with E-state index in [1.54, 1.807) is 0 Å². The van der Waals surface area contributed by atoms with Crippen LogP contribution in [-0.4, -0.2) is 96.7 Å². The molecule has 0 amide bonds. The van der Waals surface area contributed by atoms with Crippen molar-refractivity contribution in [1.29, 1.82) is 0 Å². The van der Waals surface area contributed by atoms with Crippen molar-refractivity contribution in [1.82, 2.24) is 0 Å². The quantitative estimate of drug-likeness (QED) is 0.0222. The highest BCUT2D eigenvalue weighted by atomic mass is 31.2. The SMILES string of the molecule is CCC(C)CCCCCCCCCCCCC(=O)O[C@H](COC(=O)CCCCCCCCC(C)CC)COP(=O)(O)OC[C@H](O)COP(=O)(O)OC[C@@H](COC(=O)CCCCCCCCC(C)C)OC(=O)CCCCCCCCC(C)CC. The minimum Gasteiger partial charge on any atom is -0.462 e. The first kappa shape index (κ1) is 81.1. The van der Waals surface area contributed by atoms with Crippen LogP contribution >= 0.6 is 15.6 Å². The number of ether oxygens (including phenoxy) is 4. The third-order valence-electron chi connectivity index (χ3n) is 15.7. The van der Waals surface area contributed by atoms with E-state index in [1.165, 1.54) is 96.3 Å². The standard InChI is InChI=1S/C64H124O17P2/c1-9-55(6)41-33-25-16-14-12-13-15-17-30-38-46-63(68)80-59(50-75-62(67)45-37-29-22-19-26-34-42-56(7)10-2)52-78-82(70,71)76-48-58(65)49-77-83(72,73)79-53-60(51-74-61(66)44-36-28-21-18-24-32-40-54(4)5)81-64(69)47-39-31-23-20-27-35-43-57(8)11-3/h54-60,65H,9-53H2,1-8H3,(H,70,71)(H,72,73)/t55?,56?,57?,58-,59+,60+/m0/s1.